The normalized spacial score (nSPS) is 11.9. The molecule has 3 aromatic carbocycles. The first kappa shape index (κ1) is 28.7. The van der Waals surface area contributed by atoms with E-state index in [9.17, 15) is 18.0 Å². The summed E-state index contributed by atoms with van der Waals surface area (Å²) < 4.78 is 32.1. The number of likely N-dealkylation sites (N-methyl/N-ethyl adjacent to an activating group) is 1. The predicted molar refractivity (Wildman–Crippen MR) is 149 cm³/mol. The Hall–Kier alpha value is -3.85. The Morgan fingerprint density at radius 2 is 1.45 bits per heavy atom. The molecular formula is C29H35N3O5S. The minimum Gasteiger partial charge on any atom is -0.494 e. The van der Waals surface area contributed by atoms with Gasteiger partial charge in [0.2, 0.25) is 21.8 Å². The molecule has 3 aromatic rings. The number of rotatable bonds is 13. The van der Waals surface area contributed by atoms with Crippen LogP contribution in [0.2, 0.25) is 0 Å². The fraction of sp³-hybridized carbons (Fsp3) is 0.310. The Balaban J connectivity index is 1.99. The average Bonchev–Trinajstić information content (AvgIpc) is 2.90. The van der Waals surface area contributed by atoms with Gasteiger partial charge in [0.15, 0.2) is 0 Å². The maximum atomic E-state index is 13.9. The highest BCUT2D eigenvalue weighted by Crippen LogP contribution is 2.23. The number of carbonyl (C=O) groups is 2. The average molecular weight is 538 g/mol. The lowest BCUT2D eigenvalue weighted by atomic mass is 10.0. The van der Waals surface area contributed by atoms with Crippen LogP contribution < -0.4 is 14.4 Å². The van der Waals surface area contributed by atoms with Gasteiger partial charge in [-0.15, -0.1) is 0 Å². The van der Waals surface area contributed by atoms with Crippen LogP contribution in [0.5, 0.6) is 5.75 Å². The van der Waals surface area contributed by atoms with E-state index in [1.54, 1.807) is 24.3 Å². The molecule has 8 nitrogen and oxygen atoms in total. The van der Waals surface area contributed by atoms with Crippen molar-refractivity contribution >= 4 is 27.5 Å². The van der Waals surface area contributed by atoms with Crippen molar-refractivity contribution in [3.8, 4) is 5.75 Å². The minimum atomic E-state index is -3.82. The van der Waals surface area contributed by atoms with Gasteiger partial charge in [0.05, 0.1) is 18.6 Å². The molecule has 1 N–H and O–H groups in total. The van der Waals surface area contributed by atoms with Crippen molar-refractivity contribution in [1.82, 2.24) is 10.2 Å². The number of carbonyl (C=O) groups excluding carboxylic acids is 2. The van der Waals surface area contributed by atoms with Gasteiger partial charge >= 0.3 is 0 Å². The number of anilines is 1. The van der Waals surface area contributed by atoms with Gasteiger partial charge in [-0.05, 0) is 49.2 Å². The monoisotopic (exact) mass is 537 g/mol. The summed E-state index contributed by atoms with van der Waals surface area (Å²) in [6, 6.07) is 24.5. The SMILES string of the molecule is CCNC(=O)C(Cc1ccccc1)N(Cc1ccccc1)C(=O)CN(c1ccc(OCC)cc1)S(C)(=O)=O. The third-order valence-corrected chi connectivity index (χ3v) is 7.07. The molecule has 38 heavy (non-hydrogen) atoms. The van der Waals surface area contributed by atoms with Gasteiger partial charge in [0, 0.05) is 19.5 Å². The molecule has 0 radical (unpaired) electrons. The molecule has 0 aliphatic rings. The molecule has 0 heterocycles. The number of nitrogens with zero attached hydrogens (tertiary/aromatic N) is 2. The second-order valence-corrected chi connectivity index (χ2v) is 10.7. The van der Waals surface area contributed by atoms with E-state index in [2.05, 4.69) is 5.32 Å². The second-order valence-electron chi connectivity index (χ2n) is 8.80. The molecule has 3 rings (SSSR count). The summed E-state index contributed by atoms with van der Waals surface area (Å²) in [7, 11) is -3.82. The highest BCUT2D eigenvalue weighted by molar-refractivity contribution is 7.92. The molecule has 202 valence electrons. The summed E-state index contributed by atoms with van der Waals surface area (Å²) in [5.41, 5.74) is 2.05. The molecule has 0 bridgehead atoms. The maximum absolute atomic E-state index is 13.9. The number of hydrogen-bond donors (Lipinski definition) is 1. The molecule has 0 aromatic heterocycles. The molecule has 2 amide bonds. The zero-order chi connectivity index (χ0) is 27.5. The summed E-state index contributed by atoms with van der Waals surface area (Å²) in [4.78, 5) is 28.7. The zero-order valence-electron chi connectivity index (χ0n) is 22.0. The molecule has 0 aliphatic carbocycles. The molecule has 0 fully saturated rings. The first-order valence-corrected chi connectivity index (χ1v) is 14.4. The van der Waals surface area contributed by atoms with Crippen LogP contribution in [0.1, 0.15) is 25.0 Å². The van der Waals surface area contributed by atoms with Crippen LogP contribution in [0.4, 0.5) is 5.69 Å². The number of benzene rings is 3. The van der Waals surface area contributed by atoms with E-state index in [0.29, 0.717) is 24.6 Å². The third kappa shape index (κ3) is 8.08. The highest BCUT2D eigenvalue weighted by atomic mass is 32.2. The first-order chi connectivity index (χ1) is 18.2. The van der Waals surface area contributed by atoms with Crippen LogP contribution in [0.25, 0.3) is 0 Å². The van der Waals surface area contributed by atoms with Crippen LogP contribution in [-0.2, 0) is 32.6 Å². The number of nitrogens with one attached hydrogen (secondary N) is 1. The topological polar surface area (TPSA) is 96.0 Å². The lowest BCUT2D eigenvalue weighted by molar-refractivity contribution is -0.140. The van der Waals surface area contributed by atoms with Crippen LogP contribution in [-0.4, -0.2) is 57.1 Å². The van der Waals surface area contributed by atoms with Gasteiger partial charge in [-0.25, -0.2) is 8.42 Å². The largest absolute Gasteiger partial charge is 0.494 e. The van der Waals surface area contributed by atoms with Crippen molar-refractivity contribution in [3.05, 3.63) is 96.1 Å². The van der Waals surface area contributed by atoms with Crippen LogP contribution in [0, 0.1) is 0 Å². The fourth-order valence-corrected chi connectivity index (χ4v) is 4.96. The summed E-state index contributed by atoms with van der Waals surface area (Å²) in [5.74, 6) is -0.186. The Bertz CT molecular complexity index is 1280. The minimum absolute atomic E-state index is 0.148. The van der Waals surface area contributed by atoms with Gasteiger partial charge in [0.25, 0.3) is 0 Å². The molecule has 1 unspecified atom stereocenters. The van der Waals surface area contributed by atoms with E-state index < -0.39 is 28.5 Å². The molecule has 0 spiro atoms. The molecular weight excluding hydrogens is 502 g/mol. The second kappa shape index (κ2) is 13.6. The fourth-order valence-electron chi connectivity index (χ4n) is 4.12. The van der Waals surface area contributed by atoms with Crippen LogP contribution in [0.15, 0.2) is 84.9 Å². The number of hydrogen-bond acceptors (Lipinski definition) is 5. The Kier molecular flexibility index (Phi) is 10.3. The Morgan fingerprint density at radius 3 is 1.97 bits per heavy atom. The van der Waals surface area contributed by atoms with Gasteiger partial charge in [-0.1, -0.05) is 60.7 Å². The molecule has 1 atom stereocenters. The Morgan fingerprint density at radius 1 is 0.868 bits per heavy atom. The predicted octanol–water partition coefficient (Wildman–Crippen LogP) is 3.63. The van der Waals surface area contributed by atoms with Gasteiger partial charge < -0.3 is 15.0 Å². The van der Waals surface area contributed by atoms with Crippen molar-refractivity contribution in [1.29, 1.82) is 0 Å². The van der Waals surface area contributed by atoms with Gasteiger partial charge in [0.1, 0.15) is 18.3 Å². The van der Waals surface area contributed by atoms with E-state index >= 15 is 0 Å². The maximum Gasteiger partial charge on any atom is 0.244 e. The van der Waals surface area contributed by atoms with E-state index in [1.165, 1.54) is 4.90 Å². The molecule has 0 aliphatic heterocycles. The quantitative estimate of drug-likeness (QED) is 0.359. The summed E-state index contributed by atoms with van der Waals surface area (Å²) >= 11 is 0. The lowest BCUT2D eigenvalue weighted by Gasteiger charge is -2.33. The van der Waals surface area contributed by atoms with Crippen molar-refractivity contribution < 1.29 is 22.7 Å². The Labute approximate surface area is 225 Å². The highest BCUT2D eigenvalue weighted by Gasteiger charge is 2.32. The van der Waals surface area contributed by atoms with Crippen molar-refractivity contribution in [2.24, 2.45) is 0 Å². The van der Waals surface area contributed by atoms with E-state index in [4.69, 9.17) is 4.74 Å². The third-order valence-electron chi connectivity index (χ3n) is 5.93. The number of amides is 2. The number of sulfonamides is 1. The van der Waals surface area contributed by atoms with E-state index in [1.807, 2.05) is 74.5 Å². The first-order valence-electron chi connectivity index (χ1n) is 12.6. The molecule has 9 heteroatoms. The van der Waals surface area contributed by atoms with Crippen molar-refractivity contribution in [2.75, 3.05) is 30.3 Å². The summed E-state index contributed by atoms with van der Waals surface area (Å²) in [6.07, 6.45) is 1.34. The molecule has 0 saturated carbocycles. The molecule has 0 saturated heterocycles. The summed E-state index contributed by atoms with van der Waals surface area (Å²) in [5, 5.41) is 2.84. The van der Waals surface area contributed by atoms with Crippen LogP contribution in [0.3, 0.4) is 0 Å². The van der Waals surface area contributed by atoms with Gasteiger partial charge in [-0.3, -0.25) is 13.9 Å². The lowest BCUT2D eigenvalue weighted by Crippen LogP contribution is -2.53. The smallest absolute Gasteiger partial charge is 0.244 e. The van der Waals surface area contributed by atoms with Crippen molar-refractivity contribution in [3.63, 3.8) is 0 Å². The standard InChI is InChI=1S/C29H35N3O5S/c1-4-30-29(34)27(20-23-12-8-6-9-13-23)31(21-24-14-10-7-11-15-24)28(33)22-32(38(3,35)36)25-16-18-26(19-17-25)37-5-2/h6-19,27H,4-5,20-22H2,1-3H3,(H,30,34). The van der Waals surface area contributed by atoms with Crippen molar-refractivity contribution in [2.45, 2.75) is 32.9 Å². The van der Waals surface area contributed by atoms with Gasteiger partial charge in [-0.2, -0.15) is 0 Å². The zero-order valence-corrected chi connectivity index (χ0v) is 22.9. The number of ether oxygens (including phenoxy) is 1. The van der Waals surface area contributed by atoms with Crippen LogP contribution >= 0.6 is 0 Å². The van der Waals surface area contributed by atoms with E-state index in [0.717, 1.165) is 21.7 Å². The van der Waals surface area contributed by atoms with E-state index in [-0.39, 0.29) is 18.9 Å². The summed E-state index contributed by atoms with van der Waals surface area (Å²) in [6.45, 7) is 4.25.